The predicted molar refractivity (Wildman–Crippen MR) is 79.8 cm³/mol. The van der Waals surface area contributed by atoms with E-state index < -0.39 is 0 Å². The van der Waals surface area contributed by atoms with E-state index in [-0.39, 0.29) is 0 Å². The van der Waals surface area contributed by atoms with Gasteiger partial charge in [0, 0.05) is 18.0 Å². The minimum absolute atomic E-state index is 0.772. The van der Waals surface area contributed by atoms with Crippen molar-refractivity contribution in [3.05, 3.63) is 30.1 Å². The summed E-state index contributed by atoms with van der Waals surface area (Å²) in [5, 5.41) is 12.5. The van der Waals surface area contributed by atoms with E-state index >= 15 is 0 Å². The summed E-state index contributed by atoms with van der Waals surface area (Å²) in [5.74, 6) is 0. The summed E-state index contributed by atoms with van der Waals surface area (Å²) in [7, 11) is 0. The summed E-state index contributed by atoms with van der Waals surface area (Å²) in [6.45, 7) is 2.24. The molecule has 0 saturated heterocycles. The summed E-state index contributed by atoms with van der Waals surface area (Å²) < 4.78 is 0. The van der Waals surface area contributed by atoms with Crippen molar-refractivity contribution in [3.63, 3.8) is 0 Å². The largest absolute Gasteiger partial charge is 0.411 e. The Morgan fingerprint density at radius 2 is 1.58 bits per heavy atom. The molecule has 1 heterocycles. The van der Waals surface area contributed by atoms with Crippen LogP contribution >= 0.6 is 0 Å². The van der Waals surface area contributed by atoms with Gasteiger partial charge in [0.1, 0.15) is 0 Å². The average Bonchev–Trinajstić information content (AvgIpc) is 2.47. The van der Waals surface area contributed by atoms with E-state index in [4.69, 9.17) is 5.21 Å². The Kier molecular flexibility index (Phi) is 8.69. The lowest BCUT2D eigenvalue weighted by Crippen LogP contribution is -2.01. The van der Waals surface area contributed by atoms with E-state index in [9.17, 15) is 0 Å². The van der Waals surface area contributed by atoms with Crippen molar-refractivity contribution < 1.29 is 5.21 Å². The van der Waals surface area contributed by atoms with Gasteiger partial charge >= 0.3 is 0 Å². The zero-order valence-electron chi connectivity index (χ0n) is 12.0. The summed E-state index contributed by atoms with van der Waals surface area (Å²) in [6, 6.07) is 3.78. The molecular formula is C16H26N2O. The lowest BCUT2D eigenvalue weighted by atomic mass is 10.0. The molecular weight excluding hydrogens is 236 g/mol. The van der Waals surface area contributed by atoms with Gasteiger partial charge in [0.05, 0.1) is 5.71 Å². The van der Waals surface area contributed by atoms with Crippen LogP contribution in [0, 0.1) is 0 Å². The third kappa shape index (κ3) is 6.94. The van der Waals surface area contributed by atoms with Crippen LogP contribution in [0.2, 0.25) is 0 Å². The summed E-state index contributed by atoms with van der Waals surface area (Å²) in [6.07, 6.45) is 14.6. The molecule has 0 amide bonds. The van der Waals surface area contributed by atoms with E-state index in [1.165, 1.54) is 44.9 Å². The molecule has 0 aliphatic heterocycles. The summed E-state index contributed by atoms with van der Waals surface area (Å²) >= 11 is 0. The van der Waals surface area contributed by atoms with Crippen molar-refractivity contribution >= 4 is 5.71 Å². The first kappa shape index (κ1) is 15.7. The molecule has 1 rings (SSSR count). The quantitative estimate of drug-likeness (QED) is 0.285. The number of oxime groups is 1. The van der Waals surface area contributed by atoms with Gasteiger partial charge in [-0.25, -0.2) is 0 Å². The monoisotopic (exact) mass is 262 g/mol. The molecule has 106 valence electrons. The molecule has 0 saturated carbocycles. The number of aromatic nitrogens is 1. The van der Waals surface area contributed by atoms with Gasteiger partial charge in [0.2, 0.25) is 0 Å². The van der Waals surface area contributed by atoms with Gasteiger partial charge in [-0.15, -0.1) is 0 Å². The van der Waals surface area contributed by atoms with Crippen LogP contribution in [-0.2, 0) is 0 Å². The van der Waals surface area contributed by atoms with Crippen molar-refractivity contribution in [3.8, 4) is 0 Å². The Morgan fingerprint density at radius 1 is 1.00 bits per heavy atom. The molecule has 19 heavy (non-hydrogen) atoms. The topological polar surface area (TPSA) is 45.5 Å². The van der Waals surface area contributed by atoms with Crippen molar-refractivity contribution in [2.24, 2.45) is 5.16 Å². The van der Waals surface area contributed by atoms with Crippen LogP contribution in [0.25, 0.3) is 0 Å². The van der Waals surface area contributed by atoms with Crippen LogP contribution in [-0.4, -0.2) is 15.9 Å². The van der Waals surface area contributed by atoms with Gasteiger partial charge < -0.3 is 5.21 Å². The molecule has 0 spiro atoms. The average molecular weight is 262 g/mol. The maximum absolute atomic E-state index is 9.05. The first-order valence-corrected chi connectivity index (χ1v) is 7.49. The number of nitrogens with zero attached hydrogens (tertiary/aromatic N) is 2. The van der Waals surface area contributed by atoms with Crippen LogP contribution in [0.15, 0.2) is 29.7 Å². The van der Waals surface area contributed by atoms with Crippen LogP contribution in [0.1, 0.15) is 70.3 Å². The van der Waals surface area contributed by atoms with Gasteiger partial charge in [-0.3, -0.25) is 4.98 Å². The van der Waals surface area contributed by atoms with Crippen LogP contribution in [0.4, 0.5) is 0 Å². The lowest BCUT2D eigenvalue weighted by molar-refractivity contribution is 0.317. The summed E-state index contributed by atoms with van der Waals surface area (Å²) in [5.41, 5.74) is 1.74. The second kappa shape index (κ2) is 10.5. The minimum Gasteiger partial charge on any atom is -0.411 e. The number of hydrogen-bond acceptors (Lipinski definition) is 3. The number of hydrogen-bond donors (Lipinski definition) is 1. The Hall–Kier alpha value is -1.38. The molecule has 0 aliphatic carbocycles. The molecule has 0 radical (unpaired) electrons. The highest BCUT2D eigenvalue weighted by Gasteiger charge is 2.03. The van der Waals surface area contributed by atoms with Gasteiger partial charge in [0.25, 0.3) is 0 Å². The molecule has 3 nitrogen and oxygen atoms in total. The molecule has 1 N–H and O–H groups in total. The Bertz CT molecular complexity index is 349. The zero-order chi connectivity index (χ0) is 13.8. The SMILES string of the molecule is CCCCCCCCCCC(=NO)c1ccncc1. The zero-order valence-corrected chi connectivity index (χ0v) is 12.0. The standard InChI is InChI=1S/C16H26N2O/c1-2-3-4-5-6-7-8-9-10-16(18-19)15-11-13-17-14-12-15/h11-14,19H,2-10H2,1H3. The number of rotatable bonds is 10. The highest BCUT2D eigenvalue weighted by atomic mass is 16.4. The summed E-state index contributed by atoms with van der Waals surface area (Å²) in [4.78, 5) is 3.97. The molecule has 0 atom stereocenters. The van der Waals surface area contributed by atoms with Gasteiger partial charge in [0.15, 0.2) is 0 Å². The smallest absolute Gasteiger partial charge is 0.0868 e. The predicted octanol–water partition coefficient (Wildman–Crippen LogP) is 4.79. The highest BCUT2D eigenvalue weighted by molar-refractivity contribution is 5.99. The molecule has 0 aliphatic rings. The first-order chi connectivity index (χ1) is 9.38. The molecule has 0 fully saturated rings. The van der Waals surface area contributed by atoms with Crippen molar-refractivity contribution in [2.45, 2.75) is 64.7 Å². The molecule has 0 aromatic carbocycles. The number of pyridine rings is 1. The first-order valence-electron chi connectivity index (χ1n) is 7.49. The van der Waals surface area contributed by atoms with Crippen LogP contribution < -0.4 is 0 Å². The second-order valence-electron chi connectivity index (χ2n) is 5.01. The highest BCUT2D eigenvalue weighted by Crippen LogP contribution is 2.12. The van der Waals surface area contributed by atoms with Gasteiger partial charge in [-0.1, -0.05) is 57.0 Å². The van der Waals surface area contributed by atoms with Gasteiger partial charge in [-0.2, -0.15) is 0 Å². The second-order valence-corrected chi connectivity index (χ2v) is 5.01. The van der Waals surface area contributed by atoms with E-state index in [0.717, 1.165) is 24.1 Å². The van der Waals surface area contributed by atoms with E-state index in [1.54, 1.807) is 12.4 Å². The van der Waals surface area contributed by atoms with Crippen molar-refractivity contribution in [2.75, 3.05) is 0 Å². The van der Waals surface area contributed by atoms with Crippen molar-refractivity contribution in [1.82, 2.24) is 4.98 Å². The molecule has 0 unspecified atom stereocenters. The maximum Gasteiger partial charge on any atom is 0.0868 e. The fourth-order valence-corrected chi connectivity index (χ4v) is 2.22. The fraction of sp³-hybridized carbons (Fsp3) is 0.625. The third-order valence-electron chi connectivity index (χ3n) is 3.40. The van der Waals surface area contributed by atoms with Gasteiger partial charge in [-0.05, 0) is 25.0 Å². The van der Waals surface area contributed by atoms with E-state index in [0.29, 0.717) is 0 Å². The Balaban J connectivity index is 2.11. The molecule has 0 bridgehead atoms. The molecule has 3 heteroatoms. The maximum atomic E-state index is 9.05. The van der Waals surface area contributed by atoms with Crippen molar-refractivity contribution in [1.29, 1.82) is 0 Å². The third-order valence-corrected chi connectivity index (χ3v) is 3.40. The molecule has 1 aromatic rings. The molecule has 1 aromatic heterocycles. The Morgan fingerprint density at radius 3 is 2.16 bits per heavy atom. The number of unbranched alkanes of at least 4 members (excludes halogenated alkanes) is 7. The lowest BCUT2D eigenvalue weighted by Gasteiger charge is -2.04. The van der Waals surface area contributed by atoms with Crippen LogP contribution in [0.5, 0.6) is 0 Å². The normalized spacial score (nSPS) is 11.7. The van der Waals surface area contributed by atoms with E-state index in [1.807, 2.05) is 12.1 Å². The fourth-order valence-electron chi connectivity index (χ4n) is 2.22. The van der Waals surface area contributed by atoms with E-state index in [2.05, 4.69) is 17.1 Å². The van der Waals surface area contributed by atoms with Crippen LogP contribution in [0.3, 0.4) is 0 Å². The minimum atomic E-state index is 0.772. The Labute approximate surface area is 116 Å².